The summed E-state index contributed by atoms with van der Waals surface area (Å²) in [6.07, 6.45) is 1.19. The Labute approximate surface area is 146 Å². The first kappa shape index (κ1) is 18.8. The number of rotatable bonds is 5. The average Bonchev–Trinajstić information content (AvgIpc) is 2.53. The van der Waals surface area contributed by atoms with Crippen LogP contribution in [0.2, 0.25) is 5.15 Å². The van der Waals surface area contributed by atoms with E-state index in [4.69, 9.17) is 16.7 Å². The summed E-state index contributed by atoms with van der Waals surface area (Å²) >= 11 is 5.67. The second-order valence-electron chi connectivity index (χ2n) is 5.13. The molecule has 0 fully saturated rings. The predicted molar refractivity (Wildman–Crippen MR) is 90.4 cm³/mol. The van der Waals surface area contributed by atoms with Gasteiger partial charge < -0.3 is 0 Å². The lowest BCUT2D eigenvalue weighted by Crippen LogP contribution is -2.30. The fourth-order valence-corrected chi connectivity index (χ4v) is 3.96. The number of halogens is 1. The molecule has 2 rings (SSSR count). The number of hydrogen-bond acceptors (Lipinski definition) is 5. The van der Waals surface area contributed by atoms with Gasteiger partial charge in [-0.05, 0) is 36.8 Å². The maximum Gasteiger partial charge on any atom is 0.244 e. The third-order valence-corrected chi connectivity index (χ3v) is 6.68. The molecule has 0 amide bonds. The highest BCUT2D eigenvalue weighted by Gasteiger charge is 2.26. The molecular weight excluding hydrogens is 374 g/mol. The van der Waals surface area contributed by atoms with E-state index in [0.29, 0.717) is 5.56 Å². The Bertz CT molecular complexity index is 927. The van der Waals surface area contributed by atoms with Crippen LogP contribution in [0.25, 0.3) is 0 Å². The molecule has 7 nitrogen and oxygen atoms in total. The van der Waals surface area contributed by atoms with Gasteiger partial charge in [-0.2, -0.15) is 4.31 Å². The van der Waals surface area contributed by atoms with Crippen molar-refractivity contribution in [1.29, 1.82) is 0 Å². The van der Waals surface area contributed by atoms with E-state index in [1.54, 1.807) is 6.92 Å². The maximum atomic E-state index is 12.6. The molecule has 0 saturated heterocycles. The van der Waals surface area contributed by atoms with Crippen LogP contribution in [0, 0.1) is 0 Å². The first-order chi connectivity index (χ1) is 11.0. The molecule has 0 radical (unpaired) electrons. The van der Waals surface area contributed by atoms with Crippen molar-refractivity contribution < 1.29 is 16.8 Å². The van der Waals surface area contributed by atoms with E-state index >= 15 is 0 Å². The van der Waals surface area contributed by atoms with E-state index in [1.165, 1.54) is 53.9 Å². The number of primary sulfonamides is 1. The molecule has 0 aliphatic heterocycles. The topological polar surface area (TPSA) is 110 Å². The zero-order chi connectivity index (χ0) is 18.1. The fourth-order valence-electron chi connectivity index (χ4n) is 2.04. The molecule has 0 aliphatic rings. The SMILES string of the molecule is CC(c1ccc(S(N)(=O)=O)cc1)N(C)S(=O)(=O)c1ccc(Cl)nc1. The zero-order valence-electron chi connectivity index (χ0n) is 12.9. The Morgan fingerprint density at radius 2 is 1.58 bits per heavy atom. The van der Waals surface area contributed by atoms with Crippen LogP contribution < -0.4 is 5.14 Å². The van der Waals surface area contributed by atoms with Crippen molar-refractivity contribution >= 4 is 31.6 Å². The van der Waals surface area contributed by atoms with Crippen LogP contribution in [0.5, 0.6) is 0 Å². The monoisotopic (exact) mass is 389 g/mol. The molecule has 1 unspecified atom stereocenters. The van der Waals surface area contributed by atoms with Gasteiger partial charge in [0.1, 0.15) is 10.0 Å². The van der Waals surface area contributed by atoms with Gasteiger partial charge in [0.05, 0.1) is 4.90 Å². The summed E-state index contributed by atoms with van der Waals surface area (Å²) in [5.74, 6) is 0. The highest BCUT2D eigenvalue weighted by Crippen LogP contribution is 2.26. The number of pyridine rings is 1. The summed E-state index contributed by atoms with van der Waals surface area (Å²) < 4.78 is 48.9. The van der Waals surface area contributed by atoms with Gasteiger partial charge in [0, 0.05) is 19.3 Å². The number of aromatic nitrogens is 1. The van der Waals surface area contributed by atoms with Crippen molar-refractivity contribution in [3.05, 3.63) is 53.3 Å². The minimum absolute atomic E-state index is 0.0161. The lowest BCUT2D eigenvalue weighted by atomic mass is 10.1. The van der Waals surface area contributed by atoms with E-state index in [9.17, 15) is 16.8 Å². The molecular formula is C14H16ClN3O4S2. The van der Waals surface area contributed by atoms with E-state index in [0.717, 1.165) is 0 Å². The number of hydrogen-bond donors (Lipinski definition) is 1. The van der Waals surface area contributed by atoms with E-state index < -0.39 is 26.1 Å². The predicted octanol–water partition coefficient (Wildman–Crippen LogP) is 1.76. The van der Waals surface area contributed by atoms with Gasteiger partial charge in [0.15, 0.2) is 0 Å². The van der Waals surface area contributed by atoms with Crippen molar-refractivity contribution in [2.45, 2.75) is 22.8 Å². The molecule has 1 heterocycles. The lowest BCUT2D eigenvalue weighted by Gasteiger charge is -2.24. The molecule has 10 heteroatoms. The maximum absolute atomic E-state index is 12.6. The number of nitrogens with two attached hydrogens (primary N) is 1. The van der Waals surface area contributed by atoms with Crippen molar-refractivity contribution in [2.75, 3.05) is 7.05 Å². The van der Waals surface area contributed by atoms with Gasteiger partial charge in [-0.25, -0.2) is 27.0 Å². The first-order valence-corrected chi connectivity index (χ1v) is 10.1. The second kappa shape index (κ2) is 6.77. The Morgan fingerprint density at radius 1 is 1.04 bits per heavy atom. The third-order valence-electron chi connectivity index (χ3n) is 3.61. The molecule has 130 valence electrons. The van der Waals surface area contributed by atoms with Crippen LogP contribution in [-0.4, -0.2) is 33.2 Å². The van der Waals surface area contributed by atoms with E-state index in [2.05, 4.69) is 4.98 Å². The number of sulfonamides is 2. The highest BCUT2D eigenvalue weighted by molar-refractivity contribution is 7.89. The summed E-state index contributed by atoms with van der Waals surface area (Å²) in [4.78, 5) is 3.76. The molecule has 1 aromatic carbocycles. The molecule has 2 aromatic rings. The van der Waals surface area contributed by atoms with Crippen molar-refractivity contribution in [3.63, 3.8) is 0 Å². The molecule has 24 heavy (non-hydrogen) atoms. The minimum Gasteiger partial charge on any atom is -0.243 e. The molecule has 0 bridgehead atoms. The van der Waals surface area contributed by atoms with Crippen LogP contribution >= 0.6 is 11.6 Å². The van der Waals surface area contributed by atoms with Crippen LogP contribution in [-0.2, 0) is 20.0 Å². The molecule has 0 saturated carbocycles. The minimum atomic E-state index is -3.79. The quantitative estimate of drug-likeness (QED) is 0.783. The summed E-state index contributed by atoms with van der Waals surface area (Å²) in [7, 11) is -6.13. The van der Waals surface area contributed by atoms with Gasteiger partial charge in [-0.15, -0.1) is 0 Å². The average molecular weight is 390 g/mol. The molecule has 0 aliphatic carbocycles. The summed E-state index contributed by atoms with van der Waals surface area (Å²) in [6, 6.07) is 7.97. The normalized spacial score (nSPS) is 13.9. The van der Waals surface area contributed by atoms with Gasteiger partial charge in [-0.1, -0.05) is 23.7 Å². The van der Waals surface area contributed by atoms with Crippen LogP contribution in [0.4, 0.5) is 0 Å². The molecule has 2 N–H and O–H groups in total. The van der Waals surface area contributed by atoms with Crippen LogP contribution in [0.15, 0.2) is 52.4 Å². The fraction of sp³-hybridized carbons (Fsp3) is 0.214. The standard InChI is InChI=1S/C14H16ClN3O4S2/c1-10(11-3-5-12(6-4-11)23(16,19)20)18(2)24(21,22)13-7-8-14(15)17-9-13/h3-10H,1-2H3,(H2,16,19,20). The van der Waals surface area contributed by atoms with E-state index in [1.807, 2.05) is 0 Å². The summed E-state index contributed by atoms with van der Waals surface area (Å²) in [5, 5.41) is 5.25. The zero-order valence-corrected chi connectivity index (χ0v) is 15.3. The van der Waals surface area contributed by atoms with Gasteiger partial charge in [0.2, 0.25) is 20.0 Å². The summed E-state index contributed by atoms with van der Waals surface area (Å²) in [6.45, 7) is 1.69. The molecule has 1 aromatic heterocycles. The van der Waals surface area contributed by atoms with Crippen molar-refractivity contribution in [2.24, 2.45) is 5.14 Å². The highest BCUT2D eigenvalue weighted by atomic mass is 35.5. The van der Waals surface area contributed by atoms with Crippen molar-refractivity contribution in [1.82, 2.24) is 9.29 Å². The molecule has 1 atom stereocenters. The van der Waals surface area contributed by atoms with Gasteiger partial charge in [-0.3, -0.25) is 0 Å². The second-order valence-corrected chi connectivity index (χ2v) is 9.07. The smallest absolute Gasteiger partial charge is 0.243 e. The van der Waals surface area contributed by atoms with Gasteiger partial charge >= 0.3 is 0 Å². The Morgan fingerprint density at radius 3 is 2.04 bits per heavy atom. The lowest BCUT2D eigenvalue weighted by molar-refractivity contribution is 0.398. The Kier molecular flexibility index (Phi) is 5.31. The van der Waals surface area contributed by atoms with E-state index in [-0.39, 0.29) is 14.9 Å². The first-order valence-electron chi connectivity index (χ1n) is 6.76. The van der Waals surface area contributed by atoms with Gasteiger partial charge in [0.25, 0.3) is 0 Å². The number of nitrogens with zero attached hydrogens (tertiary/aromatic N) is 2. The van der Waals surface area contributed by atoms with Crippen LogP contribution in [0.3, 0.4) is 0 Å². The molecule has 0 spiro atoms. The summed E-state index contributed by atoms with van der Waals surface area (Å²) in [5.41, 5.74) is 0.621. The number of benzene rings is 1. The van der Waals surface area contributed by atoms with Crippen LogP contribution in [0.1, 0.15) is 18.5 Å². The van der Waals surface area contributed by atoms with Crippen molar-refractivity contribution in [3.8, 4) is 0 Å². The third kappa shape index (κ3) is 3.93. The Balaban J connectivity index is 2.31. The Hall–Kier alpha value is -1.52. The largest absolute Gasteiger partial charge is 0.244 e.